The third-order valence-corrected chi connectivity index (χ3v) is 3.02. The number of nitriles is 1. The molecule has 1 rings (SSSR count). The van der Waals surface area contributed by atoms with E-state index in [2.05, 4.69) is 22.6 Å². The van der Waals surface area contributed by atoms with Crippen molar-refractivity contribution in [1.29, 1.82) is 5.26 Å². The molecular formula is C12H13IN2O2. The predicted octanol–water partition coefficient (Wildman–Crippen LogP) is 2.37. The molecule has 0 unspecified atom stereocenters. The minimum atomic E-state index is -0.237. The number of aromatic hydroxyl groups is 1. The van der Waals surface area contributed by atoms with Gasteiger partial charge in [-0.1, -0.05) is 0 Å². The number of carbonyl (C=O) groups excluding carboxylic acids is 1. The van der Waals surface area contributed by atoms with E-state index in [-0.39, 0.29) is 17.2 Å². The molecule has 0 saturated heterocycles. The van der Waals surface area contributed by atoms with Gasteiger partial charge in [-0.3, -0.25) is 4.79 Å². The van der Waals surface area contributed by atoms with Crippen LogP contribution in [0.25, 0.3) is 0 Å². The monoisotopic (exact) mass is 344 g/mol. The number of carbonyl (C=O) groups is 1. The van der Waals surface area contributed by atoms with Gasteiger partial charge in [0.15, 0.2) is 0 Å². The Morgan fingerprint density at radius 2 is 2.29 bits per heavy atom. The number of phenols is 1. The summed E-state index contributed by atoms with van der Waals surface area (Å²) >= 11 is 2.09. The molecule has 0 aromatic heterocycles. The molecule has 0 aliphatic heterocycles. The van der Waals surface area contributed by atoms with E-state index in [0.29, 0.717) is 19.5 Å². The van der Waals surface area contributed by atoms with Gasteiger partial charge < -0.3 is 10.0 Å². The largest absolute Gasteiger partial charge is 0.507 e. The summed E-state index contributed by atoms with van der Waals surface area (Å²) in [6, 6.07) is 6.89. The summed E-state index contributed by atoms with van der Waals surface area (Å²) in [5, 5.41) is 18.2. The first-order valence-electron chi connectivity index (χ1n) is 5.25. The molecule has 0 bridgehead atoms. The molecule has 4 nitrogen and oxygen atoms in total. The number of amides is 1. The van der Waals surface area contributed by atoms with Crippen LogP contribution < -0.4 is 0 Å². The van der Waals surface area contributed by atoms with Crippen LogP contribution in [0.1, 0.15) is 23.7 Å². The normalized spacial score (nSPS) is 9.71. The highest BCUT2D eigenvalue weighted by Gasteiger charge is 2.17. The standard InChI is InChI=1S/C12H13IN2O2/c1-2-15(7-3-6-14)12(17)10-8-9(13)4-5-11(10)16/h4-5,8,16H,2-3,7H2,1H3. The second-order valence-corrected chi connectivity index (χ2v) is 4.70. The molecule has 0 saturated carbocycles. The molecule has 0 atom stereocenters. The molecule has 5 heteroatoms. The predicted molar refractivity (Wildman–Crippen MR) is 72.6 cm³/mol. The zero-order valence-electron chi connectivity index (χ0n) is 9.48. The van der Waals surface area contributed by atoms with Crippen LogP contribution in [0.5, 0.6) is 5.75 Å². The summed E-state index contributed by atoms with van der Waals surface area (Å²) in [6.07, 6.45) is 0.296. The van der Waals surface area contributed by atoms with Crippen molar-refractivity contribution in [3.8, 4) is 11.8 Å². The molecule has 1 N–H and O–H groups in total. The van der Waals surface area contributed by atoms with E-state index in [1.807, 2.05) is 13.0 Å². The van der Waals surface area contributed by atoms with Crippen molar-refractivity contribution >= 4 is 28.5 Å². The highest BCUT2D eigenvalue weighted by Crippen LogP contribution is 2.21. The Balaban J connectivity index is 2.94. The van der Waals surface area contributed by atoms with Crippen LogP contribution in [0, 0.1) is 14.9 Å². The van der Waals surface area contributed by atoms with E-state index < -0.39 is 0 Å². The zero-order chi connectivity index (χ0) is 12.8. The van der Waals surface area contributed by atoms with Crippen LogP contribution in [0.4, 0.5) is 0 Å². The lowest BCUT2D eigenvalue weighted by atomic mass is 10.1. The molecule has 0 aliphatic carbocycles. The zero-order valence-corrected chi connectivity index (χ0v) is 11.6. The molecule has 17 heavy (non-hydrogen) atoms. The minimum Gasteiger partial charge on any atom is -0.507 e. The van der Waals surface area contributed by atoms with Gasteiger partial charge in [0.2, 0.25) is 0 Å². The van der Waals surface area contributed by atoms with Crippen LogP contribution in [0.15, 0.2) is 18.2 Å². The van der Waals surface area contributed by atoms with Gasteiger partial charge >= 0.3 is 0 Å². The number of hydrogen-bond donors (Lipinski definition) is 1. The Morgan fingerprint density at radius 3 is 2.88 bits per heavy atom. The molecule has 0 aliphatic rings. The van der Waals surface area contributed by atoms with E-state index in [9.17, 15) is 9.90 Å². The summed E-state index contributed by atoms with van der Waals surface area (Å²) < 4.78 is 0.889. The fraction of sp³-hybridized carbons (Fsp3) is 0.333. The average Bonchev–Trinajstić information content (AvgIpc) is 2.33. The number of hydrogen-bond acceptors (Lipinski definition) is 3. The maximum absolute atomic E-state index is 12.1. The van der Waals surface area contributed by atoms with E-state index in [1.165, 1.54) is 6.07 Å². The lowest BCUT2D eigenvalue weighted by molar-refractivity contribution is 0.0764. The average molecular weight is 344 g/mol. The lowest BCUT2D eigenvalue weighted by Gasteiger charge is -2.20. The van der Waals surface area contributed by atoms with Crippen molar-refractivity contribution in [1.82, 2.24) is 4.90 Å². The van der Waals surface area contributed by atoms with Crippen molar-refractivity contribution in [2.24, 2.45) is 0 Å². The van der Waals surface area contributed by atoms with Crippen LogP contribution >= 0.6 is 22.6 Å². The highest BCUT2D eigenvalue weighted by molar-refractivity contribution is 14.1. The molecule has 0 heterocycles. The van der Waals surface area contributed by atoms with Crippen molar-refractivity contribution in [2.75, 3.05) is 13.1 Å². The van der Waals surface area contributed by atoms with Gasteiger partial charge in [0.05, 0.1) is 18.1 Å². The van der Waals surface area contributed by atoms with Gasteiger partial charge in [0, 0.05) is 16.7 Å². The summed E-state index contributed by atoms with van der Waals surface area (Å²) in [5.74, 6) is -0.260. The first kappa shape index (κ1) is 13.8. The van der Waals surface area contributed by atoms with Crippen LogP contribution in [-0.4, -0.2) is 29.0 Å². The van der Waals surface area contributed by atoms with E-state index >= 15 is 0 Å². The number of halogens is 1. The summed E-state index contributed by atoms with van der Waals surface area (Å²) in [6.45, 7) is 2.75. The summed E-state index contributed by atoms with van der Waals surface area (Å²) in [4.78, 5) is 13.7. The molecular weight excluding hydrogens is 331 g/mol. The first-order valence-corrected chi connectivity index (χ1v) is 6.32. The Bertz CT molecular complexity index is 454. The van der Waals surface area contributed by atoms with Crippen molar-refractivity contribution < 1.29 is 9.90 Å². The number of rotatable bonds is 4. The van der Waals surface area contributed by atoms with Gasteiger partial charge in [-0.25, -0.2) is 0 Å². The fourth-order valence-electron chi connectivity index (χ4n) is 1.44. The molecule has 1 aromatic carbocycles. The summed E-state index contributed by atoms with van der Waals surface area (Å²) in [5.41, 5.74) is 0.289. The Labute approximate surface area is 114 Å². The Morgan fingerprint density at radius 1 is 1.59 bits per heavy atom. The second kappa shape index (κ2) is 6.45. The number of benzene rings is 1. The van der Waals surface area contributed by atoms with Gasteiger partial charge in [-0.15, -0.1) is 0 Å². The van der Waals surface area contributed by atoms with Gasteiger partial charge in [-0.05, 0) is 47.7 Å². The SMILES string of the molecule is CCN(CCC#N)C(=O)c1cc(I)ccc1O. The van der Waals surface area contributed by atoms with Gasteiger partial charge in [0.1, 0.15) is 5.75 Å². The first-order chi connectivity index (χ1) is 8.10. The van der Waals surface area contributed by atoms with Crippen molar-refractivity contribution in [2.45, 2.75) is 13.3 Å². The van der Waals surface area contributed by atoms with Crippen molar-refractivity contribution in [3.63, 3.8) is 0 Å². The lowest BCUT2D eigenvalue weighted by Crippen LogP contribution is -2.31. The molecule has 1 aromatic rings. The van der Waals surface area contributed by atoms with Crippen molar-refractivity contribution in [3.05, 3.63) is 27.3 Å². The Kier molecular flexibility index (Phi) is 5.22. The Hall–Kier alpha value is -1.29. The highest BCUT2D eigenvalue weighted by atomic mass is 127. The topological polar surface area (TPSA) is 64.3 Å². The maximum Gasteiger partial charge on any atom is 0.257 e. The summed E-state index contributed by atoms with van der Waals surface area (Å²) in [7, 11) is 0. The molecule has 90 valence electrons. The number of nitrogens with zero attached hydrogens (tertiary/aromatic N) is 2. The molecule has 1 amide bonds. The smallest absolute Gasteiger partial charge is 0.257 e. The second-order valence-electron chi connectivity index (χ2n) is 3.45. The van der Waals surface area contributed by atoms with Gasteiger partial charge in [0.25, 0.3) is 5.91 Å². The molecule has 0 radical (unpaired) electrons. The van der Waals surface area contributed by atoms with E-state index in [4.69, 9.17) is 5.26 Å². The molecule has 0 spiro atoms. The van der Waals surface area contributed by atoms with Crippen LogP contribution in [0.3, 0.4) is 0 Å². The van der Waals surface area contributed by atoms with Crippen LogP contribution in [-0.2, 0) is 0 Å². The number of phenolic OH excluding ortho intramolecular Hbond substituents is 1. The third kappa shape index (κ3) is 3.60. The van der Waals surface area contributed by atoms with E-state index in [1.54, 1.807) is 17.0 Å². The third-order valence-electron chi connectivity index (χ3n) is 2.35. The van der Waals surface area contributed by atoms with Gasteiger partial charge in [-0.2, -0.15) is 5.26 Å². The van der Waals surface area contributed by atoms with E-state index in [0.717, 1.165) is 3.57 Å². The quantitative estimate of drug-likeness (QED) is 0.853. The fourth-order valence-corrected chi connectivity index (χ4v) is 1.93. The van der Waals surface area contributed by atoms with Crippen LogP contribution in [0.2, 0.25) is 0 Å². The maximum atomic E-state index is 12.1. The minimum absolute atomic E-state index is 0.0224. The molecule has 0 fully saturated rings.